The Balaban J connectivity index is 0.00000264. The molecule has 0 aromatic heterocycles. The van der Waals surface area contributed by atoms with E-state index in [2.05, 4.69) is 0 Å². The van der Waals surface area contributed by atoms with Crippen LogP contribution in [0, 0.1) is 12.8 Å². The molecule has 1 aromatic carbocycles. The molecule has 1 amide bonds. The SMILES string of the molecule is Cc1cc(OC(C)C(=O)N2CCC(C(C)N)CC2)ccc1Cl.Cl. The van der Waals surface area contributed by atoms with Crippen LogP contribution in [0.1, 0.15) is 32.3 Å². The Morgan fingerprint density at radius 2 is 1.96 bits per heavy atom. The summed E-state index contributed by atoms with van der Waals surface area (Å²) in [7, 11) is 0. The lowest BCUT2D eigenvalue weighted by molar-refractivity contribution is -0.139. The van der Waals surface area contributed by atoms with E-state index in [0.29, 0.717) is 16.7 Å². The average molecular weight is 361 g/mol. The second kappa shape index (κ2) is 8.76. The summed E-state index contributed by atoms with van der Waals surface area (Å²) in [4.78, 5) is 14.4. The highest BCUT2D eigenvalue weighted by Crippen LogP contribution is 2.23. The molecule has 1 aliphatic heterocycles. The largest absolute Gasteiger partial charge is 0.481 e. The van der Waals surface area contributed by atoms with Crippen LogP contribution >= 0.6 is 24.0 Å². The van der Waals surface area contributed by atoms with Gasteiger partial charge in [0, 0.05) is 24.2 Å². The van der Waals surface area contributed by atoms with Crippen molar-refractivity contribution in [3.05, 3.63) is 28.8 Å². The third kappa shape index (κ3) is 5.27. The van der Waals surface area contributed by atoms with Gasteiger partial charge in [-0.2, -0.15) is 0 Å². The van der Waals surface area contributed by atoms with Crippen LogP contribution in [-0.2, 0) is 4.79 Å². The number of rotatable bonds is 4. The molecule has 1 fully saturated rings. The summed E-state index contributed by atoms with van der Waals surface area (Å²) in [6.07, 6.45) is 1.44. The molecule has 6 heteroatoms. The van der Waals surface area contributed by atoms with Gasteiger partial charge in [-0.05, 0) is 63.3 Å². The van der Waals surface area contributed by atoms with Gasteiger partial charge in [0.15, 0.2) is 6.10 Å². The number of carbonyl (C=O) groups excluding carboxylic acids is 1. The van der Waals surface area contributed by atoms with Crippen molar-refractivity contribution in [1.82, 2.24) is 4.90 Å². The zero-order chi connectivity index (χ0) is 16.3. The minimum atomic E-state index is -0.493. The van der Waals surface area contributed by atoms with E-state index in [1.54, 1.807) is 19.1 Å². The molecular formula is C17H26Cl2N2O2. The Labute approximate surface area is 149 Å². The number of likely N-dealkylation sites (tertiary alicyclic amines) is 1. The molecule has 0 radical (unpaired) electrons. The van der Waals surface area contributed by atoms with Crippen molar-refractivity contribution in [1.29, 1.82) is 0 Å². The van der Waals surface area contributed by atoms with Crippen LogP contribution in [0.3, 0.4) is 0 Å². The van der Waals surface area contributed by atoms with Gasteiger partial charge in [-0.25, -0.2) is 0 Å². The minimum Gasteiger partial charge on any atom is -0.481 e. The number of halogens is 2. The van der Waals surface area contributed by atoms with Crippen LogP contribution in [0.15, 0.2) is 18.2 Å². The predicted molar refractivity (Wildman–Crippen MR) is 96.5 cm³/mol. The molecule has 1 saturated heterocycles. The second-order valence-corrected chi connectivity index (χ2v) is 6.60. The van der Waals surface area contributed by atoms with Crippen LogP contribution in [-0.4, -0.2) is 36.0 Å². The first kappa shape index (κ1) is 20.1. The number of hydrogen-bond acceptors (Lipinski definition) is 3. The van der Waals surface area contributed by atoms with E-state index in [-0.39, 0.29) is 24.4 Å². The summed E-state index contributed by atoms with van der Waals surface area (Å²) in [5, 5.41) is 0.698. The minimum absolute atomic E-state index is 0. The van der Waals surface area contributed by atoms with E-state index >= 15 is 0 Å². The van der Waals surface area contributed by atoms with Crippen LogP contribution in [0.4, 0.5) is 0 Å². The van der Waals surface area contributed by atoms with E-state index in [9.17, 15) is 4.79 Å². The fourth-order valence-corrected chi connectivity index (χ4v) is 2.97. The smallest absolute Gasteiger partial charge is 0.263 e. The molecule has 1 heterocycles. The molecule has 0 spiro atoms. The zero-order valence-electron chi connectivity index (χ0n) is 13.9. The lowest BCUT2D eigenvalue weighted by Gasteiger charge is -2.35. The van der Waals surface area contributed by atoms with Gasteiger partial charge in [-0.3, -0.25) is 4.79 Å². The number of carbonyl (C=O) groups is 1. The van der Waals surface area contributed by atoms with Crippen LogP contribution in [0.5, 0.6) is 5.75 Å². The van der Waals surface area contributed by atoms with Gasteiger partial charge < -0.3 is 15.4 Å². The molecule has 0 saturated carbocycles. The Hall–Kier alpha value is -0.970. The number of nitrogens with two attached hydrogens (primary N) is 1. The monoisotopic (exact) mass is 360 g/mol. The number of amides is 1. The lowest BCUT2D eigenvalue weighted by Crippen LogP contribution is -2.46. The fraction of sp³-hybridized carbons (Fsp3) is 0.588. The summed E-state index contributed by atoms with van der Waals surface area (Å²) in [5.41, 5.74) is 6.88. The van der Waals surface area contributed by atoms with E-state index in [1.807, 2.05) is 24.8 Å². The van der Waals surface area contributed by atoms with Gasteiger partial charge >= 0.3 is 0 Å². The van der Waals surface area contributed by atoms with E-state index in [1.165, 1.54) is 0 Å². The van der Waals surface area contributed by atoms with Gasteiger partial charge in [-0.1, -0.05) is 11.6 Å². The van der Waals surface area contributed by atoms with Gasteiger partial charge in [0.1, 0.15) is 5.75 Å². The zero-order valence-corrected chi connectivity index (χ0v) is 15.5. The molecule has 2 rings (SSSR count). The number of piperidine rings is 1. The van der Waals surface area contributed by atoms with E-state index < -0.39 is 6.10 Å². The molecule has 2 atom stereocenters. The van der Waals surface area contributed by atoms with Crippen LogP contribution in [0.2, 0.25) is 5.02 Å². The van der Waals surface area contributed by atoms with Crippen LogP contribution < -0.4 is 10.5 Å². The normalized spacial score (nSPS) is 18.0. The molecule has 1 aromatic rings. The van der Waals surface area contributed by atoms with Crippen LogP contribution in [0.25, 0.3) is 0 Å². The first-order valence-electron chi connectivity index (χ1n) is 7.85. The van der Waals surface area contributed by atoms with Gasteiger partial charge in [0.25, 0.3) is 5.91 Å². The Morgan fingerprint density at radius 3 is 2.48 bits per heavy atom. The predicted octanol–water partition coefficient (Wildman–Crippen LogP) is 3.42. The molecule has 1 aliphatic rings. The number of nitrogens with zero attached hydrogens (tertiary/aromatic N) is 1. The van der Waals surface area contributed by atoms with Crippen molar-refractivity contribution in [2.24, 2.45) is 11.7 Å². The lowest BCUT2D eigenvalue weighted by atomic mass is 9.91. The first-order valence-corrected chi connectivity index (χ1v) is 8.23. The first-order chi connectivity index (χ1) is 10.4. The maximum absolute atomic E-state index is 12.5. The molecule has 0 bridgehead atoms. The van der Waals surface area contributed by atoms with Crippen molar-refractivity contribution < 1.29 is 9.53 Å². The standard InChI is InChI=1S/C17H25ClN2O2.ClH/c1-11-10-15(4-5-16(11)18)22-13(3)17(21)20-8-6-14(7-9-20)12(2)19;/h4-5,10,12-14H,6-9,19H2,1-3H3;1H. The topological polar surface area (TPSA) is 55.6 Å². The maximum Gasteiger partial charge on any atom is 0.263 e. The molecular weight excluding hydrogens is 335 g/mol. The highest BCUT2D eigenvalue weighted by Gasteiger charge is 2.28. The molecule has 130 valence electrons. The molecule has 2 N–H and O–H groups in total. The Bertz CT molecular complexity index is 529. The average Bonchev–Trinajstić information content (AvgIpc) is 2.50. The number of hydrogen-bond donors (Lipinski definition) is 1. The van der Waals surface area contributed by atoms with Crippen molar-refractivity contribution in [3.8, 4) is 5.75 Å². The second-order valence-electron chi connectivity index (χ2n) is 6.19. The number of benzene rings is 1. The highest BCUT2D eigenvalue weighted by molar-refractivity contribution is 6.31. The van der Waals surface area contributed by atoms with Crippen molar-refractivity contribution in [3.63, 3.8) is 0 Å². The van der Waals surface area contributed by atoms with E-state index in [0.717, 1.165) is 31.5 Å². The summed E-state index contributed by atoms with van der Waals surface area (Å²) in [6, 6.07) is 5.64. The molecule has 4 nitrogen and oxygen atoms in total. The maximum atomic E-state index is 12.5. The quantitative estimate of drug-likeness (QED) is 0.894. The molecule has 0 aliphatic carbocycles. The third-order valence-corrected chi connectivity index (χ3v) is 4.81. The molecule has 2 unspecified atom stereocenters. The van der Waals surface area contributed by atoms with Gasteiger partial charge in [-0.15, -0.1) is 12.4 Å². The third-order valence-electron chi connectivity index (χ3n) is 4.38. The van der Waals surface area contributed by atoms with Gasteiger partial charge in [0.05, 0.1) is 0 Å². The highest BCUT2D eigenvalue weighted by atomic mass is 35.5. The summed E-state index contributed by atoms with van der Waals surface area (Å²) in [6.45, 7) is 7.28. The van der Waals surface area contributed by atoms with Gasteiger partial charge in [0.2, 0.25) is 0 Å². The van der Waals surface area contributed by atoms with Crippen molar-refractivity contribution in [2.75, 3.05) is 13.1 Å². The molecule has 23 heavy (non-hydrogen) atoms. The fourth-order valence-electron chi connectivity index (χ4n) is 2.85. The number of ether oxygens (including phenoxy) is 1. The van der Waals surface area contributed by atoms with Crippen molar-refractivity contribution in [2.45, 2.75) is 45.8 Å². The van der Waals surface area contributed by atoms with Crippen molar-refractivity contribution >= 4 is 29.9 Å². The summed E-state index contributed by atoms with van der Waals surface area (Å²) in [5.74, 6) is 1.23. The Morgan fingerprint density at radius 1 is 1.35 bits per heavy atom. The summed E-state index contributed by atoms with van der Waals surface area (Å²) < 4.78 is 5.76. The summed E-state index contributed by atoms with van der Waals surface area (Å²) >= 11 is 6.00. The van der Waals surface area contributed by atoms with E-state index in [4.69, 9.17) is 22.1 Å². The number of aryl methyl sites for hydroxylation is 1. The Kier molecular flexibility index (Phi) is 7.65.